The molecule has 0 unspecified atom stereocenters. The molecule has 2 saturated heterocycles. The van der Waals surface area contributed by atoms with Gasteiger partial charge < -0.3 is 19.3 Å². The molecule has 29 heavy (non-hydrogen) atoms. The Kier molecular flexibility index (Phi) is 6.09. The van der Waals surface area contributed by atoms with Gasteiger partial charge in [-0.3, -0.25) is 14.7 Å². The van der Waals surface area contributed by atoms with Crippen LogP contribution in [0.15, 0.2) is 36.4 Å². The monoisotopic (exact) mass is 398 g/mol. The fourth-order valence-electron chi connectivity index (χ4n) is 3.79. The van der Waals surface area contributed by atoms with Gasteiger partial charge in [0.1, 0.15) is 11.4 Å². The van der Waals surface area contributed by atoms with Gasteiger partial charge in [-0.15, -0.1) is 0 Å². The lowest BCUT2D eigenvalue weighted by Crippen LogP contribution is -2.41. The molecular weight excluding hydrogens is 372 g/mol. The van der Waals surface area contributed by atoms with Crippen LogP contribution in [0.4, 0.5) is 0 Å². The number of nitrogens with zero attached hydrogens (tertiary/aromatic N) is 3. The highest BCUT2D eigenvalue weighted by Gasteiger charge is 2.28. The summed E-state index contributed by atoms with van der Waals surface area (Å²) in [5.41, 5.74) is 1.33. The van der Waals surface area contributed by atoms with Gasteiger partial charge in [0.05, 0.1) is 13.2 Å². The van der Waals surface area contributed by atoms with E-state index in [-0.39, 0.29) is 24.3 Å². The zero-order valence-corrected chi connectivity index (χ0v) is 16.4. The summed E-state index contributed by atoms with van der Waals surface area (Å²) in [5, 5.41) is 7.24. The third-order valence-electron chi connectivity index (χ3n) is 5.43. The van der Waals surface area contributed by atoms with E-state index in [4.69, 9.17) is 9.47 Å². The topological polar surface area (TPSA) is 87.8 Å². The summed E-state index contributed by atoms with van der Waals surface area (Å²) in [7, 11) is 0. The van der Waals surface area contributed by atoms with Gasteiger partial charge in [-0.2, -0.15) is 5.10 Å². The van der Waals surface area contributed by atoms with E-state index in [0.29, 0.717) is 44.3 Å². The number of aromatic nitrogens is 2. The molecule has 1 aromatic heterocycles. The molecule has 3 heterocycles. The number of hydrogen-bond acceptors (Lipinski definition) is 5. The molecule has 8 nitrogen and oxygen atoms in total. The molecule has 0 spiro atoms. The molecule has 1 N–H and O–H groups in total. The van der Waals surface area contributed by atoms with Gasteiger partial charge in [0.15, 0.2) is 6.61 Å². The van der Waals surface area contributed by atoms with Crippen molar-refractivity contribution in [2.24, 2.45) is 0 Å². The highest BCUT2D eigenvalue weighted by Crippen LogP contribution is 2.26. The molecule has 8 heteroatoms. The van der Waals surface area contributed by atoms with Crippen molar-refractivity contribution in [1.29, 1.82) is 0 Å². The first-order valence-electron chi connectivity index (χ1n) is 10.1. The van der Waals surface area contributed by atoms with Crippen molar-refractivity contribution in [2.45, 2.75) is 18.8 Å². The second-order valence-corrected chi connectivity index (χ2v) is 7.39. The lowest BCUT2D eigenvalue weighted by atomic mass is 9.94. The molecule has 2 aliphatic rings. The van der Waals surface area contributed by atoms with Crippen LogP contribution < -0.4 is 4.74 Å². The number of para-hydroxylation sites is 1. The quantitative estimate of drug-likeness (QED) is 0.828. The summed E-state index contributed by atoms with van der Waals surface area (Å²) >= 11 is 0. The van der Waals surface area contributed by atoms with Gasteiger partial charge in [0.2, 0.25) is 0 Å². The molecule has 0 saturated carbocycles. The average molecular weight is 398 g/mol. The first-order chi connectivity index (χ1) is 14.2. The first kappa shape index (κ1) is 19.4. The Labute approximate surface area is 169 Å². The fraction of sp³-hybridized carbons (Fsp3) is 0.476. The number of likely N-dealkylation sites (tertiary alicyclic amines) is 1. The number of aromatic amines is 1. The number of H-pyrrole nitrogens is 1. The lowest BCUT2D eigenvalue weighted by Gasteiger charge is -2.32. The fourth-order valence-corrected chi connectivity index (χ4v) is 3.79. The Morgan fingerprint density at radius 3 is 2.72 bits per heavy atom. The molecule has 2 aliphatic heterocycles. The number of ether oxygens (including phenoxy) is 2. The smallest absolute Gasteiger partial charge is 0.274 e. The largest absolute Gasteiger partial charge is 0.484 e. The highest BCUT2D eigenvalue weighted by atomic mass is 16.5. The molecule has 0 radical (unpaired) electrons. The number of morpholine rings is 1. The van der Waals surface area contributed by atoms with Crippen molar-refractivity contribution in [3.8, 4) is 5.75 Å². The van der Waals surface area contributed by atoms with Gasteiger partial charge in [0, 0.05) is 37.8 Å². The Bertz CT molecular complexity index is 832. The minimum absolute atomic E-state index is 0.0253. The van der Waals surface area contributed by atoms with Crippen molar-refractivity contribution in [2.75, 3.05) is 46.0 Å². The summed E-state index contributed by atoms with van der Waals surface area (Å²) in [4.78, 5) is 28.8. The van der Waals surface area contributed by atoms with Crippen LogP contribution in [0.2, 0.25) is 0 Å². The second-order valence-electron chi connectivity index (χ2n) is 7.39. The molecular formula is C21H26N4O4. The summed E-state index contributed by atoms with van der Waals surface area (Å²) in [6.07, 6.45) is 1.87. The number of hydrogen-bond donors (Lipinski definition) is 1. The van der Waals surface area contributed by atoms with E-state index in [2.05, 4.69) is 10.2 Å². The Morgan fingerprint density at radius 2 is 1.93 bits per heavy atom. The molecule has 2 fully saturated rings. The van der Waals surface area contributed by atoms with Crippen LogP contribution in [0, 0.1) is 0 Å². The maximum Gasteiger partial charge on any atom is 0.274 e. The van der Waals surface area contributed by atoms with Crippen LogP contribution in [-0.4, -0.2) is 77.8 Å². The predicted octanol–water partition coefficient (Wildman–Crippen LogP) is 1.67. The highest BCUT2D eigenvalue weighted by molar-refractivity contribution is 5.92. The van der Waals surface area contributed by atoms with Crippen molar-refractivity contribution >= 4 is 11.8 Å². The number of amides is 2. The minimum atomic E-state index is -0.0733. The van der Waals surface area contributed by atoms with Gasteiger partial charge in [-0.1, -0.05) is 18.2 Å². The first-order valence-corrected chi connectivity index (χ1v) is 10.1. The van der Waals surface area contributed by atoms with E-state index in [0.717, 1.165) is 25.1 Å². The maximum atomic E-state index is 12.6. The Morgan fingerprint density at radius 1 is 1.14 bits per heavy atom. The minimum Gasteiger partial charge on any atom is -0.484 e. The van der Waals surface area contributed by atoms with Crippen LogP contribution in [0.25, 0.3) is 0 Å². The van der Waals surface area contributed by atoms with Gasteiger partial charge in [-0.25, -0.2) is 0 Å². The van der Waals surface area contributed by atoms with Crippen LogP contribution in [-0.2, 0) is 9.53 Å². The van der Waals surface area contributed by atoms with E-state index in [1.54, 1.807) is 4.90 Å². The number of rotatable bonds is 5. The summed E-state index contributed by atoms with van der Waals surface area (Å²) in [5.74, 6) is 0.732. The van der Waals surface area contributed by atoms with Crippen LogP contribution in [0.3, 0.4) is 0 Å². The van der Waals surface area contributed by atoms with Crippen molar-refractivity contribution in [1.82, 2.24) is 20.0 Å². The molecule has 1 atom stereocenters. The van der Waals surface area contributed by atoms with Crippen LogP contribution >= 0.6 is 0 Å². The molecule has 154 valence electrons. The van der Waals surface area contributed by atoms with Crippen LogP contribution in [0.1, 0.15) is 34.9 Å². The maximum absolute atomic E-state index is 12.6. The van der Waals surface area contributed by atoms with E-state index in [1.165, 1.54) is 0 Å². The number of carbonyl (C=O) groups is 2. The molecule has 0 aliphatic carbocycles. The van der Waals surface area contributed by atoms with E-state index in [9.17, 15) is 9.59 Å². The number of nitrogens with one attached hydrogen (secondary N) is 1. The SMILES string of the molecule is O=C(COc1ccccc1)N1CCC[C@@H](c2cc(C(=O)N3CCOCC3)n[nH]2)C1. The number of carbonyl (C=O) groups excluding carboxylic acids is 2. The third kappa shape index (κ3) is 4.76. The van der Waals surface area contributed by atoms with Gasteiger partial charge in [0.25, 0.3) is 11.8 Å². The molecule has 2 aromatic rings. The summed E-state index contributed by atoms with van der Waals surface area (Å²) in [6, 6.07) is 11.2. The van der Waals surface area contributed by atoms with Gasteiger partial charge in [-0.05, 0) is 31.0 Å². The average Bonchev–Trinajstić information content (AvgIpc) is 3.29. The van der Waals surface area contributed by atoms with E-state index in [1.807, 2.05) is 41.3 Å². The molecule has 0 bridgehead atoms. The summed E-state index contributed by atoms with van der Waals surface area (Å²) < 4.78 is 10.9. The standard InChI is InChI=1S/C21H26N4O4/c26-20(15-29-17-6-2-1-3-7-17)25-8-4-5-16(14-25)18-13-19(23-22-18)21(27)24-9-11-28-12-10-24/h1-3,6-7,13,16H,4-5,8-12,14-15H2,(H,22,23)/t16-/m1/s1. The number of benzene rings is 1. The zero-order valence-electron chi connectivity index (χ0n) is 16.4. The molecule has 1 aromatic carbocycles. The molecule has 2 amide bonds. The Hall–Kier alpha value is -2.87. The van der Waals surface area contributed by atoms with Crippen molar-refractivity contribution in [3.63, 3.8) is 0 Å². The normalized spacial score (nSPS) is 19.8. The third-order valence-corrected chi connectivity index (χ3v) is 5.43. The van der Waals surface area contributed by atoms with Crippen LogP contribution in [0.5, 0.6) is 5.75 Å². The Balaban J connectivity index is 1.34. The van der Waals surface area contributed by atoms with Crippen molar-refractivity contribution in [3.05, 3.63) is 47.8 Å². The molecule has 4 rings (SSSR count). The van der Waals surface area contributed by atoms with E-state index < -0.39 is 0 Å². The van der Waals surface area contributed by atoms with Gasteiger partial charge >= 0.3 is 0 Å². The second kappa shape index (κ2) is 9.09. The number of piperidine rings is 1. The lowest BCUT2D eigenvalue weighted by molar-refractivity contribution is -0.134. The van der Waals surface area contributed by atoms with Crippen molar-refractivity contribution < 1.29 is 19.1 Å². The van der Waals surface area contributed by atoms with E-state index >= 15 is 0 Å². The summed E-state index contributed by atoms with van der Waals surface area (Å²) in [6.45, 7) is 3.66. The predicted molar refractivity (Wildman–Crippen MR) is 106 cm³/mol. The zero-order chi connectivity index (χ0) is 20.1.